The van der Waals surface area contributed by atoms with Crippen LogP contribution in [-0.2, 0) is 11.2 Å². The molecule has 0 bridgehead atoms. The second-order valence-electron chi connectivity index (χ2n) is 8.89. The summed E-state index contributed by atoms with van der Waals surface area (Å²) in [6.45, 7) is 2.18. The van der Waals surface area contributed by atoms with Gasteiger partial charge in [0.25, 0.3) is 0 Å². The standard InChI is InChI=1S/C29H29NO6/c1-16(31)30-9-8-18-11-25(33-2)26(34-3)13-21(18)29(30)24-10-17-6-7-19(32)12-20(17)22-14-27(35-4)28(36-5)15-23(22)24/h6-7,10-15,29,32H,8-9H2,1-5H3. The number of nitrogens with zero attached hydrogens (tertiary/aromatic N) is 1. The second-order valence-corrected chi connectivity index (χ2v) is 8.89. The highest BCUT2D eigenvalue weighted by atomic mass is 16.5. The van der Waals surface area contributed by atoms with E-state index >= 15 is 0 Å². The van der Waals surface area contributed by atoms with Crippen molar-refractivity contribution in [1.82, 2.24) is 4.90 Å². The Morgan fingerprint density at radius 1 is 0.778 bits per heavy atom. The molecular weight excluding hydrogens is 458 g/mol. The Hall–Kier alpha value is -4.13. The highest BCUT2D eigenvalue weighted by molar-refractivity contribution is 6.11. The summed E-state index contributed by atoms with van der Waals surface area (Å²) in [6.07, 6.45) is 0.711. The second kappa shape index (κ2) is 9.15. The highest BCUT2D eigenvalue weighted by Crippen LogP contribution is 2.46. The Labute approximate surface area is 209 Å². The van der Waals surface area contributed by atoms with Crippen molar-refractivity contribution in [3.63, 3.8) is 0 Å². The van der Waals surface area contributed by atoms with Crippen LogP contribution in [0.5, 0.6) is 28.7 Å². The summed E-state index contributed by atoms with van der Waals surface area (Å²) in [4.78, 5) is 14.8. The maximum Gasteiger partial charge on any atom is 0.220 e. The first-order valence-corrected chi connectivity index (χ1v) is 11.7. The third-order valence-corrected chi connectivity index (χ3v) is 7.05. The molecule has 1 amide bonds. The quantitative estimate of drug-likeness (QED) is 0.389. The van der Waals surface area contributed by atoms with E-state index in [1.54, 1.807) is 47.5 Å². The molecule has 5 rings (SSSR count). The van der Waals surface area contributed by atoms with E-state index in [0.29, 0.717) is 36.0 Å². The Morgan fingerprint density at radius 2 is 1.39 bits per heavy atom. The van der Waals surface area contributed by atoms with Crippen molar-refractivity contribution >= 4 is 27.5 Å². The van der Waals surface area contributed by atoms with Crippen LogP contribution in [0.15, 0.2) is 48.5 Å². The molecule has 1 aliphatic rings. The lowest BCUT2D eigenvalue weighted by Crippen LogP contribution is -2.39. The summed E-state index contributed by atoms with van der Waals surface area (Å²) in [5.74, 6) is 2.61. The van der Waals surface area contributed by atoms with Crippen LogP contribution in [0.25, 0.3) is 21.5 Å². The third kappa shape index (κ3) is 3.71. The lowest BCUT2D eigenvalue weighted by Gasteiger charge is -2.38. The van der Waals surface area contributed by atoms with Gasteiger partial charge in [0, 0.05) is 13.5 Å². The zero-order valence-electron chi connectivity index (χ0n) is 21.0. The van der Waals surface area contributed by atoms with E-state index < -0.39 is 0 Å². The first-order valence-electron chi connectivity index (χ1n) is 11.7. The topological polar surface area (TPSA) is 77.5 Å². The molecule has 1 unspecified atom stereocenters. The van der Waals surface area contributed by atoms with Gasteiger partial charge in [0.15, 0.2) is 23.0 Å². The van der Waals surface area contributed by atoms with E-state index in [9.17, 15) is 9.90 Å². The molecule has 186 valence electrons. The van der Waals surface area contributed by atoms with Crippen LogP contribution in [0.4, 0.5) is 0 Å². The lowest BCUT2D eigenvalue weighted by molar-refractivity contribution is -0.130. The minimum absolute atomic E-state index is 0.0140. The molecule has 0 fully saturated rings. The predicted octanol–water partition coefficient (Wildman–Crippen LogP) is 5.23. The zero-order valence-corrected chi connectivity index (χ0v) is 21.0. The number of carbonyl (C=O) groups excluding carboxylic acids is 1. The van der Waals surface area contributed by atoms with Crippen molar-refractivity contribution in [1.29, 1.82) is 0 Å². The first-order chi connectivity index (χ1) is 17.4. The number of carbonyl (C=O) groups is 1. The molecule has 7 nitrogen and oxygen atoms in total. The number of methoxy groups -OCH3 is 4. The van der Waals surface area contributed by atoms with Crippen LogP contribution in [0.1, 0.15) is 29.7 Å². The zero-order chi connectivity index (χ0) is 25.6. The third-order valence-electron chi connectivity index (χ3n) is 7.05. The van der Waals surface area contributed by atoms with Gasteiger partial charge in [-0.15, -0.1) is 0 Å². The molecule has 0 radical (unpaired) electrons. The van der Waals surface area contributed by atoms with E-state index in [1.165, 1.54) is 0 Å². The van der Waals surface area contributed by atoms with Crippen molar-refractivity contribution < 1.29 is 28.8 Å². The number of fused-ring (bicyclic) bond motifs is 4. The Balaban J connectivity index is 1.89. The van der Waals surface area contributed by atoms with Crippen molar-refractivity contribution in [3.8, 4) is 28.7 Å². The van der Waals surface area contributed by atoms with E-state index in [4.69, 9.17) is 18.9 Å². The number of hydrogen-bond acceptors (Lipinski definition) is 6. The molecule has 7 heteroatoms. The highest BCUT2D eigenvalue weighted by Gasteiger charge is 2.33. The normalized spacial score (nSPS) is 15.0. The van der Waals surface area contributed by atoms with Crippen LogP contribution in [0.3, 0.4) is 0 Å². The van der Waals surface area contributed by atoms with Crippen LogP contribution >= 0.6 is 0 Å². The maximum atomic E-state index is 12.9. The van der Waals surface area contributed by atoms with Crippen LogP contribution in [0, 0.1) is 0 Å². The predicted molar refractivity (Wildman–Crippen MR) is 139 cm³/mol. The fraction of sp³-hybridized carbons (Fsp3) is 0.276. The SMILES string of the molecule is COc1cc2c(cc1OC)C(c1cc3ccc(O)cc3c3cc(OC)c(OC)cc13)N(C(C)=O)CC2. The summed E-state index contributed by atoms with van der Waals surface area (Å²) in [5.41, 5.74) is 3.05. The van der Waals surface area contributed by atoms with Gasteiger partial charge in [-0.1, -0.05) is 6.07 Å². The summed E-state index contributed by atoms with van der Waals surface area (Å²) in [5, 5.41) is 13.9. The van der Waals surface area contributed by atoms with Gasteiger partial charge in [-0.2, -0.15) is 0 Å². The molecular formula is C29H29NO6. The van der Waals surface area contributed by atoms with E-state index in [0.717, 1.165) is 38.2 Å². The Kier molecular flexibility index (Phi) is 6.00. The monoisotopic (exact) mass is 487 g/mol. The smallest absolute Gasteiger partial charge is 0.220 e. The van der Waals surface area contributed by atoms with Crippen molar-refractivity contribution in [2.45, 2.75) is 19.4 Å². The van der Waals surface area contributed by atoms with Crippen LogP contribution < -0.4 is 18.9 Å². The van der Waals surface area contributed by atoms with E-state index in [1.807, 2.05) is 35.2 Å². The fourth-order valence-corrected chi connectivity index (χ4v) is 5.34. The van der Waals surface area contributed by atoms with Gasteiger partial charge in [0.2, 0.25) is 5.91 Å². The van der Waals surface area contributed by atoms with Gasteiger partial charge in [-0.3, -0.25) is 4.79 Å². The summed E-state index contributed by atoms with van der Waals surface area (Å²) < 4.78 is 22.4. The number of ether oxygens (including phenoxy) is 4. The summed E-state index contributed by atoms with van der Waals surface area (Å²) >= 11 is 0. The molecule has 0 saturated heterocycles. The minimum atomic E-state index is -0.357. The molecule has 0 aromatic heterocycles. The van der Waals surface area contributed by atoms with Crippen LogP contribution in [0.2, 0.25) is 0 Å². The maximum absolute atomic E-state index is 12.9. The average Bonchev–Trinajstić information content (AvgIpc) is 2.90. The lowest BCUT2D eigenvalue weighted by atomic mass is 9.84. The molecule has 1 atom stereocenters. The number of rotatable bonds is 5. The molecule has 1 N–H and O–H groups in total. The van der Waals surface area contributed by atoms with E-state index in [2.05, 4.69) is 6.07 Å². The number of aromatic hydroxyl groups is 1. The first kappa shape index (κ1) is 23.6. The number of phenolic OH excluding ortho intramolecular Hbond substituents is 1. The summed E-state index contributed by atoms with van der Waals surface area (Å²) in [6, 6.07) is 14.9. The average molecular weight is 488 g/mol. The molecule has 4 aromatic rings. The van der Waals surface area contributed by atoms with Gasteiger partial charge in [-0.05, 0) is 87.1 Å². The van der Waals surface area contributed by atoms with Gasteiger partial charge < -0.3 is 29.0 Å². The molecule has 0 saturated carbocycles. The molecule has 0 spiro atoms. The number of phenols is 1. The Bertz CT molecular complexity index is 1500. The van der Waals surface area contributed by atoms with Crippen molar-refractivity contribution in [3.05, 3.63) is 65.2 Å². The molecule has 36 heavy (non-hydrogen) atoms. The Morgan fingerprint density at radius 3 is 2.03 bits per heavy atom. The van der Waals surface area contributed by atoms with Crippen molar-refractivity contribution in [2.75, 3.05) is 35.0 Å². The van der Waals surface area contributed by atoms with Gasteiger partial charge in [-0.25, -0.2) is 0 Å². The van der Waals surface area contributed by atoms with Gasteiger partial charge in [0.1, 0.15) is 5.75 Å². The number of hydrogen-bond donors (Lipinski definition) is 1. The minimum Gasteiger partial charge on any atom is -0.508 e. The van der Waals surface area contributed by atoms with Gasteiger partial charge in [0.05, 0.1) is 34.5 Å². The number of benzene rings is 4. The van der Waals surface area contributed by atoms with Crippen molar-refractivity contribution in [2.24, 2.45) is 0 Å². The summed E-state index contributed by atoms with van der Waals surface area (Å²) in [7, 11) is 6.44. The largest absolute Gasteiger partial charge is 0.508 e. The molecule has 1 aliphatic heterocycles. The van der Waals surface area contributed by atoms with E-state index in [-0.39, 0.29) is 17.7 Å². The number of amides is 1. The molecule has 4 aromatic carbocycles. The molecule has 0 aliphatic carbocycles. The fourth-order valence-electron chi connectivity index (χ4n) is 5.34. The molecule has 1 heterocycles. The van der Waals surface area contributed by atoms with Gasteiger partial charge >= 0.3 is 0 Å². The van der Waals surface area contributed by atoms with Crippen LogP contribution in [-0.4, -0.2) is 50.9 Å².